The molecule has 1 rings (SSSR count). The van der Waals surface area contributed by atoms with E-state index in [9.17, 15) is 13.2 Å². The molecule has 1 heterocycles. The van der Waals surface area contributed by atoms with Gasteiger partial charge in [-0.1, -0.05) is 0 Å². The van der Waals surface area contributed by atoms with Crippen molar-refractivity contribution in [3.8, 4) is 0 Å². The SMILES string of the molecule is CS(=O)(=O)[O-].C[N+]1(C=C(F)C(F)F)CCOCC1. The number of hydrogen-bond donors (Lipinski definition) is 0. The van der Waals surface area contributed by atoms with E-state index in [4.69, 9.17) is 17.7 Å². The number of nitrogens with zero attached hydrogens (tertiary/aromatic N) is 1. The zero-order chi connectivity index (χ0) is 14.4. The lowest BCUT2D eigenvalue weighted by Crippen LogP contribution is -2.47. The van der Waals surface area contributed by atoms with Crippen molar-refractivity contribution < 1.29 is 35.4 Å². The summed E-state index contributed by atoms with van der Waals surface area (Å²) in [5.41, 5.74) is 0. The molecule has 0 unspecified atom stereocenters. The van der Waals surface area contributed by atoms with Gasteiger partial charge in [0.15, 0.2) is 0 Å². The molecule has 0 atom stereocenters. The fourth-order valence-electron chi connectivity index (χ4n) is 1.24. The Morgan fingerprint density at radius 3 is 2.11 bits per heavy atom. The van der Waals surface area contributed by atoms with Crippen molar-refractivity contribution >= 4 is 10.1 Å². The van der Waals surface area contributed by atoms with Gasteiger partial charge < -0.3 is 9.29 Å². The number of halogens is 3. The predicted molar refractivity (Wildman–Crippen MR) is 57.6 cm³/mol. The summed E-state index contributed by atoms with van der Waals surface area (Å²) in [6, 6.07) is 0. The van der Waals surface area contributed by atoms with E-state index in [1.807, 2.05) is 0 Å². The number of morpholine rings is 1. The molecule has 0 aromatic rings. The van der Waals surface area contributed by atoms with Crippen LogP contribution in [0.15, 0.2) is 12.0 Å². The van der Waals surface area contributed by atoms with Crippen LogP contribution in [0.5, 0.6) is 0 Å². The number of hydrogen-bond acceptors (Lipinski definition) is 4. The topological polar surface area (TPSA) is 66.4 Å². The normalized spacial score (nSPS) is 20.3. The minimum absolute atomic E-state index is 0.191. The van der Waals surface area contributed by atoms with Crippen molar-refractivity contribution in [1.29, 1.82) is 0 Å². The highest BCUT2D eigenvalue weighted by atomic mass is 32.2. The molecule has 0 bridgehead atoms. The minimum Gasteiger partial charge on any atom is -0.748 e. The van der Waals surface area contributed by atoms with Gasteiger partial charge in [-0.05, 0) is 0 Å². The zero-order valence-electron chi connectivity index (χ0n) is 10.1. The van der Waals surface area contributed by atoms with E-state index in [1.165, 1.54) is 0 Å². The second kappa shape index (κ2) is 7.07. The third-order valence-corrected chi connectivity index (χ3v) is 2.14. The molecule has 18 heavy (non-hydrogen) atoms. The molecule has 0 aromatic carbocycles. The van der Waals surface area contributed by atoms with Gasteiger partial charge in [-0.15, -0.1) is 0 Å². The van der Waals surface area contributed by atoms with Crippen molar-refractivity contribution in [3.63, 3.8) is 0 Å². The Balaban J connectivity index is 0.000000494. The summed E-state index contributed by atoms with van der Waals surface area (Å²) in [5, 5.41) is 0. The predicted octanol–water partition coefficient (Wildman–Crippen LogP) is 0.701. The summed E-state index contributed by atoms with van der Waals surface area (Å²) in [7, 11) is -2.20. The zero-order valence-corrected chi connectivity index (χ0v) is 10.9. The van der Waals surface area contributed by atoms with Gasteiger partial charge in [0, 0.05) is 6.26 Å². The summed E-state index contributed by atoms with van der Waals surface area (Å²) in [6.07, 6.45) is -1.42. The maximum Gasteiger partial charge on any atom is 0.294 e. The third kappa shape index (κ3) is 9.40. The highest BCUT2D eigenvalue weighted by Crippen LogP contribution is 2.16. The van der Waals surface area contributed by atoms with E-state index in [0.29, 0.717) is 32.6 Å². The molecule has 5 nitrogen and oxygen atoms in total. The first-order valence-corrected chi connectivity index (χ1v) is 6.84. The monoisotopic (exact) mass is 291 g/mol. The maximum atomic E-state index is 12.6. The molecule has 0 N–H and O–H groups in total. The second-order valence-electron chi connectivity index (χ2n) is 4.06. The van der Waals surface area contributed by atoms with Crippen LogP contribution < -0.4 is 0 Å². The van der Waals surface area contributed by atoms with Crippen LogP contribution in [0.25, 0.3) is 0 Å². The third-order valence-electron chi connectivity index (χ3n) is 2.14. The molecule has 1 fully saturated rings. The molecule has 0 amide bonds. The molecule has 0 radical (unpaired) electrons. The van der Waals surface area contributed by atoms with Gasteiger partial charge in [0.2, 0.25) is 5.83 Å². The summed E-state index contributed by atoms with van der Waals surface area (Å²) in [4.78, 5) is 0. The Hall–Kier alpha value is -0.640. The number of ether oxygens (including phenoxy) is 1. The number of alkyl halides is 2. The van der Waals surface area contributed by atoms with Crippen LogP contribution in [0.1, 0.15) is 0 Å². The average molecular weight is 291 g/mol. The van der Waals surface area contributed by atoms with Gasteiger partial charge in [-0.2, -0.15) is 4.39 Å². The molecule has 9 heteroatoms. The van der Waals surface area contributed by atoms with Crippen LogP contribution in [0, 0.1) is 0 Å². The minimum atomic E-state index is -3.92. The van der Waals surface area contributed by atoms with Crippen molar-refractivity contribution in [2.45, 2.75) is 6.43 Å². The Morgan fingerprint density at radius 2 is 1.78 bits per heavy atom. The number of quaternary nitrogens is 1. The van der Waals surface area contributed by atoms with E-state index in [-0.39, 0.29) is 4.48 Å². The first-order valence-electron chi connectivity index (χ1n) is 5.03. The molecular weight excluding hydrogens is 275 g/mol. The highest BCUT2D eigenvalue weighted by Gasteiger charge is 2.26. The molecule has 0 spiro atoms. The first-order chi connectivity index (χ1) is 8.03. The Kier molecular flexibility index (Phi) is 6.82. The van der Waals surface area contributed by atoms with Gasteiger partial charge in [-0.3, -0.25) is 4.48 Å². The van der Waals surface area contributed by atoms with E-state index in [1.54, 1.807) is 7.05 Å². The largest absolute Gasteiger partial charge is 0.748 e. The van der Waals surface area contributed by atoms with Crippen LogP contribution in [0.2, 0.25) is 0 Å². The van der Waals surface area contributed by atoms with Gasteiger partial charge in [0.1, 0.15) is 19.3 Å². The number of allylic oxidation sites excluding steroid dienone is 1. The second-order valence-corrected chi connectivity index (χ2v) is 5.47. The van der Waals surface area contributed by atoms with Gasteiger partial charge in [-0.25, -0.2) is 17.2 Å². The summed E-state index contributed by atoms with van der Waals surface area (Å²) in [6.45, 7) is 2.06. The van der Waals surface area contributed by atoms with Crippen LogP contribution in [0.3, 0.4) is 0 Å². The summed E-state index contributed by atoms with van der Waals surface area (Å²) >= 11 is 0. The molecule has 0 saturated carbocycles. The standard InChI is InChI=1S/C8H13F3NO.CH4O3S/c1-12(2-4-13-5-3-12)6-7(9)8(10)11;1-5(2,3)4/h6,8H,2-5H2,1H3;1H3,(H,2,3,4)/q+1;/p-1. The summed E-state index contributed by atoms with van der Waals surface area (Å²) in [5.74, 6) is -1.34. The lowest BCUT2D eigenvalue weighted by molar-refractivity contribution is -0.868. The molecule has 1 aliphatic rings. The summed E-state index contributed by atoms with van der Waals surface area (Å²) < 4.78 is 68.8. The van der Waals surface area contributed by atoms with Crippen molar-refractivity contribution in [1.82, 2.24) is 0 Å². The average Bonchev–Trinajstić information content (AvgIpc) is 2.15. The first kappa shape index (κ1) is 17.4. The van der Waals surface area contributed by atoms with Crippen LogP contribution in [0.4, 0.5) is 13.2 Å². The van der Waals surface area contributed by atoms with Crippen molar-refractivity contribution in [2.24, 2.45) is 0 Å². The Bertz CT molecular complexity index is 369. The molecule has 0 aliphatic carbocycles. The van der Waals surface area contributed by atoms with Crippen molar-refractivity contribution in [3.05, 3.63) is 12.0 Å². The Morgan fingerprint density at radius 1 is 1.39 bits per heavy atom. The van der Waals surface area contributed by atoms with Crippen LogP contribution >= 0.6 is 0 Å². The molecule has 1 aliphatic heterocycles. The maximum absolute atomic E-state index is 12.6. The quantitative estimate of drug-likeness (QED) is 0.555. The van der Waals surface area contributed by atoms with Crippen LogP contribution in [-0.4, -0.2) is 63.5 Å². The van der Waals surface area contributed by atoms with Gasteiger partial charge in [0.05, 0.1) is 30.4 Å². The fourth-order valence-corrected chi connectivity index (χ4v) is 1.24. The highest BCUT2D eigenvalue weighted by molar-refractivity contribution is 7.84. The van der Waals surface area contributed by atoms with E-state index in [2.05, 4.69) is 0 Å². The van der Waals surface area contributed by atoms with E-state index >= 15 is 0 Å². The smallest absolute Gasteiger partial charge is 0.294 e. The van der Waals surface area contributed by atoms with Crippen LogP contribution in [-0.2, 0) is 14.9 Å². The van der Waals surface area contributed by atoms with Gasteiger partial charge in [0.25, 0.3) is 6.43 Å². The van der Waals surface area contributed by atoms with Gasteiger partial charge >= 0.3 is 0 Å². The van der Waals surface area contributed by atoms with E-state index in [0.717, 1.165) is 6.20 Å². The molecular formula is C9H16F3NO4S. The molecule has 1 saturated heterocycles. The molecule has 108 valence electrons. The number of likely N-dealkylation sites (N-methyl/N-ethyl adjacent to an activating group) is 1. The Labute approximate surface area is 104 Å². The van der Waals surface area contributed by atoms with E-state index < -0.39 is 22.4 Å². The number of rotatable bonds is 2. The lowest BCUT2D eigenvalue weighted by Gasteiger charge is -2.33. The van der Waals surface area contributed by atoms with Crippen molar-refractivity contribution in [2.75, 3.05) is 39.6 Å². The fraction of sp³-hybridized carbons (Fsp3) is 0.778. The lowest BCUT2D eigenvalue weighted by atomic mass is 10.3. The molecule has 0 aromatic heterocycles.